The summed E-state index contributed by atoms with van der Waals surface area (Å²) in [5, 5.41) is 3.13. The molecular weight excluding hydrogens is 328 g/mol. The molecular formula is C20H30N4O2. The van der Waals surface area contributed by atoms with E-state index in [4.69, 9.17) is 4.74 Å². The van der Waals surface area contributed by atoms with E-state index in [-0.39, 0.29) is 17.9 Å². The quantitative estimate of drug-likeness (QED) is 0.896. The minimum Gasteiger partial charge on any atom is -0.376 e. The molecule has 0 bridgehead atoms. The van der Waals surface area contributed by atoms with E-state index in [9.17, 15) is 4.79 Å². The fourth-order valence-corrected chi connectivity index (χ4v) is 4.70. The van der Waals surface area contributed by atoms with Crippen molar-refractivity contribution in [3.05, 3.63) is 18.6 Å². The molecule has 1 aromatic heterocycles. The topological polar surface area (TPSA) is 67.4 Å². The number of aromatic nitrogens is 2. The first kappa shape index (κ1) is 17.7. The monoisotopic (exact) mass is 358 g/mol. The second-order valence-electron chi connectivity index (χ2n) is 8.25. The van der Waals surface area contributed by atoms with Crippen LogP contribution in [0.5, 0.6) is 0 Å². The molecule has 3 heterocycles. The predicted molar refractivity (Wildman–Crippen MR) is 99.9 cm³/mol. The summed E-state index contributed by atoms with van der Waals surface area (Å²) in [7, 11) is 0. The highest BCUT2D eigenvalue weighted by Crippen LogP contribution is 2.41. The molecule has 1 spiro atoms. The van der Waals surface area contributed by atoms with Crippen LogP contribution in [-0.4, -0.2) is 48.2 Å². The Balaban J connectivity index is 1.21. The molecule has 1 amide bonds. The summed E-state index contributed by atoms with van der Waals surface area (Å²) in [5.74, 6) is 1.51. The molecule has 6 heteroatoms. The maximum Gasteiger partial charge on any atom is 0.223 e. The zero-order valence-corrected chi connectivity index (χ0v) is 15.5. The molecule has 26 heavy (non-hydrogen) atoms. The fraction of sp³-hybridized carbons (Fsp3) is 0.750. The Bertz CT molecular complexity index is 585. The van der Waals surface area contributed by atoms with Crippen LogP contribution in [0, 0.1) is 11.3 Å². The van der Waals surface area contributed by atoms with Crippen molar-refractivity contribution >= 4 is 11.7 Å². The van der Waals surface area contributed by atoms with Gasteiger partial charge >= 0.3 is 0 Å². The number of nitrogens with zero attached hydrogens (tertiary/aromatic N) is 3. The van der Waals surface area contributed by atoms with Gasteiger partial charge in [0.05, 0.1) is 12.7 Å². The number of carbonyl (C=O) groups is 1. The van der Waals surface area contributed by atoms with Crippen molar-refractivity contribution in [3.8, 4) is 0 Å². The van der Waals surface area contributed by atoms with Crippen LogP contribution >= 0.6 is 0 Å². The maximum absolute atomic E-state index is 12.2. The molecule has 1 aliphatic carbocycles. The van der Waals surface area contributed by atoms with Crippen molar-refractivity contribution in [3.63, 3.8) is 0 Å². The largest absolute Gasteiger partial charge is 0.376 e. The summed E-state index contributed by atoms with van der Waals surface area (Å²) < 4.78 is 6.17. The molecule has 142 valence electrons. The third-order valence-electron chi connectivity index (χ3n) is 6.57. The van der Waals surface area contributed by atoms with E-state index in [1.165, 1.54) is 19.3 Å². The van der Waals surface area contributed by atoms with E-state index in [1.54, 1.807) is 12.5 Å². The van der Waals surface area contributed by atoms with Crippen LogP contribution < -0.4 is 10.2 Å². The van der Waals surface area contributed by atoms with Crippen molar-refractivity contribution in [1.82, 2.24) is 15.3 Å². The van der Waals surface area contributed by atoms with Gasteiger partial charge in [0.25, 0.3) is 0 Å². The summed E-state index contributed by atoms with van der Waals surface area (Å²) in [4.78, 5) is 22.9. The molecule has 3 fully saturated rings. The third-order valence-corrected chi connectivity index (χ3v) is 6.57. The second kappa shape index (κ2) is 7.91. The van der Waals surface area contributed by atoms with Crippen LogP contribution in [0.25, 0.3) is 0 Å². The number of carbonyl (C=O) groups excluding carboxylic acids is 1. The standard InChI is InChI=1S/C20H30N4O2/c25-19(16-3-1-2-4-16)22-13-17-5-7-20(14-26-17)8-11-24(12-9-20)18-6-10-21-15-23-18/h6,10,15-17H,1-5,7-9,11-14H2,(H,22,25). The van der Waals surface area contributed by atoms with E-state index in [0.717, 1.165) is 57.6 Å². The van der Waals surface area contributed by atoms with E-state index < -0.39 is 0 Å². The molecule has 4 rings (SSSR count). The Morgan fingerprint density at radius 3 is 2.69 bits per heavy atom. The number of amides is 1. The van der Waals surface area contributed by atoms with Crippen LogP contribution in [-0.2, 0) is 9.53 Å². The van der Waals surface area contributed by atoms with Crippen LogP contribution in [0.1, 0.15) is 51.4 Å². The average Bonchev–Trinajstić information content (AvgIpc) is 3.24. The van der Waals surface area contributed by atoms with Gasteiger partial charge in [-0.15, -0.1) is 0 Å². The van der Waals surface area contributed by atoms with Gasteiger partial charge in [-0.2, -0.15) is 0 Å². The molecule has 2 aliphatic heterocycles. The van der Waals surface area contributed by atoms with Gasteiger partial charge in [0.15, 0.2) is 0 Å². The first-order valence-electron chi connectivity index (χ1n) is 10.1. The van der Waals surface area contributed by atoms with Gasteiger partial charge in [-0.25, -0.2) is 9.97 Å². The number of ether oxygens (including phenoxy) is 1. The van der Waals surface area contributed by atoms with E-state index >= 15 is 0 Å². The number of nitrogens with one attached hydrogen (secondary N) is 1. The van der Waals surface area contributed by atoms with Crippen molar-refractivity contribution in [2.75, 3.05) is 31.1 Å². The lowest BCUT2D eigenvalue weighted by Crippen LogP contribution is -2.48. The molecule has 6 nitrogen and oxygen atoms in total. The minimum atomic E-state index is 0.186. The van der Waals surface area contributed by atoms with E-state index in [2.05, 4.69) is 20.2 Å². The Hall–Kier alpha value is -1.69. The molecule has 1 saturated carbocycles. The Kier molecular flexibility index (Phi) is 5.38. The molecule has 1 atom stereocenters. The van der Waals surface area contributed by atoms with Gasteiger partial charge in [-0.3, -0.25) is 4.79 Å². The van der Waals surface area contributed by atoms with Crippen LogP contribution in [0.2, 0.25) is 0 Å². The van der Waals surface area contributed by atoms with Gasteiger partial charge < -0.3 is 15.0 Å². The zero-order chi connectivity index (χ0) is 17.8. The van der Waals surface area contributed by atoms with Gasteiger partial charge in [0.1, 0.15) is 12.1 Å². The van der Waals surface area contributed by atoms with Crippen molar-refractivity contribution in [2.45, 2.75) is 57.5 Å². The van der Waals surface area contributed by atoms with Crippen LogP contribution in [0.3, 0.4) is 0 Å². The molecule has 1 aromatic rings. The molecule has 0 radical (unpaired) electrons. The average molecular weight is 358 g/mol. The SMILES string of the molecule is O=C(NCC1CCC2(CCN(c3ccncn3)CC2)CO1)C1CCCC1. The predicted octanol–water partition coefficient (Wildman–Crippen LogP) is 2.55. The smallest absolute Gasteiger partial charge is 0.223 e. The molecule has 0 aromatic carbocycles. The van der Waals surface area contributed by atoms with Crippen molar-refractivity contribution in [1.29, 1.82) is 0 Å². The van der Waals surface area contributed by atoms with Crippen LogP contribution in [0.15, 0.2) is 18.6 Å². The van der Waals surface area contributed by atoms with Gasteiger partial charge in [0, 0.05) is 31.7 Å². The van der Waals surface area contributed by atoms with Gasteiger partial charge in [0.2, 0.25) is 5.91 Å². The molecule has 1 unspecified atom stereocenters. The number of hydrogen-bond donors (Lipinski definition) is 1. The third kappa shape index (κ3) is 4.00. The van der Waals surface area contributed by atoms with Crippen molar-refractivity contribution in [2.24, 2.45) is 11.3 Å². The lowest BCUT2D eigenvalue weighted by atomic mass is 9.73. The van der Waals surface area contributed by atoms with Crippen molar-refractivity contribution < 1.29 is 9.53 Å². The maximum atomic E-state index is 12.2. The van der Waals surface area contributed by atoms with Gasteiger partial charge in [-0.05, 0) is 50.0 Å². The molecule has 3 aliphatic rings. The Morgan fingerprint density at radius 1 is 1.23 bits per heavy atom. The van der Waals surface area contributed by atoms with Gasteiger partial charge in [-0.1, -0.05) is 12.8 Å². The highest BCUT2D eigenvalue weighted by molar-refractivity contribution is 5.78. The summed E-state index contributed by atoms with van der Waals surface area (Å²) >= 11 is 0. The molecule has 1 N–H and O–H groups in total. The minimum absolute atomic E-state index is 0.186. The summed E-state index contributed by atoms with van der Waals surface area (Å²) in [5.41, 5.74) is 0.315. The number of rotatable bonds is 4. The second-order valence-corrected chi connectivity index (χ2v) is 8.25. The lowest BCUT2D eigenvalue weighted by molar-refractivity contribution is -0.126. The summed E-state index contributed by atoms with van der Waals surface area (Å²) in [6.45, 7) is 3.57. The highest BCUT2D eigenvalue weighted by atomic mass is 16.5. The number of piperidine rings is 1. The number of anilines is 1. The van der Waals surface area contributed by atoms with E-state index in [1.807, 2.05) is 6.07 Å². The fourth-order valence-electron chi connectivity index (χ4n) is 4.70. The first-order valence-corrected chi connectivity index (χ1v) is 10.1. The number of hydrogen-bond acceptors (Lipinski definition) is 5. The summed E-state index contributed by atoms with van der Waals surface area (Å²) in [6.07, 6.45) is 12.7. The zero-order valence-electron chi connectivity index (χ0n) is 15.5. The van der Waals surface area contributed by atoms with E-state index in [0.29, 0.717) is 12.0 Å². The first-order chi connectivity index (χ1) is 12.7. The summed E-state index contributed by atoms with van der Waals surface area (Å²) in [6, 6.07) is 1.98. The Labute approximate surface area is 155 Å². The highest BCUT2D eigenvalue weighted by Gasteiger charge is 2.39. The lowest BCUT2D eigenvalue weighted by Gasteiger charge is -2.46. The normalized spacial score (nSPS) is 26.2. The molecule has 2 saturated heterocycles. The Morgan fingerprint density at radius 2 is 2.04 bits per heavy atom. The van der Waals surface area contributed by atoms with Crippen LogP contribution in [0.4, 0.5) is 5.82 Å².